The average Bonchev–Trinajstić information content (AvgIpc) is 2.82. The first-order chi connectivity index (χ1) is 16.4. The fourth-order valence-corrected chi connectivity index (χ4v) is 5.82. The van der Waals surface area contributed by atoms with Crippen molar-refractivity contribution in [1.82, 2.24) is 10.2 Å². The van der Waals surface area contributed by atoms with Crippen molar-refractivity contribution in [2.75, 3.05) is 5.75 Å². The summed E-state index contributed by atoms with van der Waals surface area (Å²) in [6.45, 7) is 2.22. The highest BCUT2D eigenvalue weighted by molar-refractivity contribution is 9.10. The predicted molar refractivity (Wildman–Crippen MR) is 146 cm³/mol. The van der Waals surface area contributed by atoms with Gasteiger partial charge < -0.3 is 10.2 Å². The largest absolute Gasteiger partial charge is 0.352 e. The lowest BCUT2D eigenvalue weighted by atomic mass is 9.95. The molecule has 3 rings (SSSR count). The smallest absolute Gasteiger partial charge is 0.243 e. The molecule has 1 N–H and O–H groups in total. The van der Waals surface area contributed by atoms with Crippen LogP contribution in [0.4, 0.5) is 0 Å². The quantitative estimate of drug-likeness (QED) is 0.319. The molecular weight excluding hydrogens is 555 g/mol. The molecule has 0 unspecified atom stereocenters. The van der Waals surface area contributed by atoms with Gasteiger partial charge in [-0.05, 0) is 54.7 Å². The minimum Gasteiger partial charge on any atom is -0.352 e. The van der Waals surface area contributed by atoms with Gasteiger partial charge in [-0.25, -0.2) is 0 Å². The van der Waals surface area contributed by atoms with Crippen LogP contribution in [-0.2, 0) is 21.9 Å². The van der Waals surface area contributed by atoms with E-state index in [4.69, 9.17) is 23.2 Å². The third-order valence-corrected chi connectivity index (χ3v) is 8.20. The Morgan fingerprint density at radius 1 is 1.12 bits per heavy atom. The van der Waals surface area contributed by atoms with Crippen LogP contribution in [0.15, 0.2) is 46.9 Å². The summed E-state index contributed by atoms with van der Waals surface area (Å²) in [6.07, 6.45) is 6.03. The number of hydrogen-bond acceptors (Lipinski definition) is 3. The number of halogens is 3. The van der Waals surface area contributed by atoms with Gasteiger partial charge in [0, 0.05) is 32.9 Å². The number of amides is 2. The fraction of sp³-hybridized carbons (Fsp3) is 0.462. The molecule has 4 nitrogen and oxygen atoms in total. The van der Waals surface area contributed by atoms with Crippen molar-refractivity contribution < 1.29 is 9.59 Å². The lowest BCUT2D eigenvalue weighted by Crippen LogP contribution is -2.52. The summed E-state index contributed by atoms with van der Waals surface area (Å²) in [5.74, 6) is 0.859. The highest BCUT2D eigenvalue weighted by Crippen LogP contribution is 2.25. The first kappa shape index (κ1) is 27.4. The van der Waals surface area contributed by atoms with E-state index in [0.717, 1.165) is 47.0 Å². The molecule has 1 atom stereocenters. The van der Waals surface area contributed by atoms with Crippen molar-refractivity contribution in [3.8, 4) is 0 Å². The van der Waals surface area contributed by atoms with Gasteiger partial charge in [0.05, 0.1) is 5.75 Å². The molecular formula is C26H31BrCl2N2O2S. The first-order valence-corrected chi connectivity index (χ1v) is 14.4. The maximum Gasteiger partial charge on any atom is 0.243 e. The van der Waals surface area contributed by atoms with E-state index in [1.807, 2.05) is 37.3 Å². The van der Waals surface area contributed by atoms with Gasteiger partial charge in [-0.15, -0.1) is 11.8 Å². The Bertz CT molecular complexity index is 968. The monoisotopic (exact) mass is 584 g/mol. The van der Waals surface area contributed by atoms with E-state index in [-0.39, 0.29) is 30.2 Å². The maximum atomic E-state index is 13.4. The van der Waals surface area contributed by atoms with Crippen LogP contribution in [0.25, 0.3) is 0 Å². The Kier molecular flexibility index (Phi) is 11.1. The molecule has 1 saturated carbocycles. The zero-order valence-electron chi connectivity index (χ0n) is 19.4. The summed E-state index contributed by atoms with van der Waals surface area (Å²) in [6, 6.07) is 13.0. The summed E-state index contributed by atoms with van der Waals surface area (Å²) in [7, 11) is 0. The topological polar surface area (TPSA) is 49.4 Å². The van der Waals surface area contributed by atoms with Gasteiger partial charge in [0.25, 0.3) is 0 Å². The molecule has 1 aliphatic carbocycles. The molecule has 0 saturated heterocycles. The van der Waals surface area contributed by atoms with E-state index in [0.29, 0.717) is 16.5 Å². The highest BCUT2D eigenvalue weighted by atomic mass is 79.9. The second kappa shape index (κ2) is 13.8. The van der Waals surface area contributed by atoms with Crippen molar-refractivity contribution in [2.24, 2.45) is 0 Å². The number of carbonyl (C=O) groups excluding carboxylic acids is 2. The molecule has 2 amide bonds. The van der Waals surface area contributed by atoms with Gasteiger partial charge in [-0.1, -0.05) is 83.5 Å². The second-order valence-electron chi connectivity index (χ2n) is 8.64. The van der Waals surface area contributed by atoms with Gasteiger partial charge in [0.1, 0.15) is 6.04 Å². The van der Waals surface area contributed by atoms with Crippen LogP contribution in [0, 0.1) is 0 Å². The van der Waals surface area contributed by atoms with Crippen LogP contribution in [0.2, 0.25) is 10.0 Å². The number of benzene rings is 2. The minimum absolute atomic E-state index is 0.0706. The SMILES string of the molecule is CC[C@H](C(=O)NC1CCCCC1)N(Cc1ccc(Cl)cc1Cl)C(=O)CSCc1ccc(Br)cc1. The fourth-order valence-electron chi connectivity index (χ4n) is 4.22. The average molecular weight is 586 g/mol. The Morgan fingerprint density at radius 3 is 2.47 bits per heavy atom. The molecule has 34 heavy (non-hydrogen) atoms. The molecule has 8 heteroatoms. The van der Waals surface area contributed by atoms with Gasteiger partial charge in [-0.2, -0.15) is 0 Å². The van der Waals surface area contributed by atoms with Crippen molar-refractivity contribution in [3.63, 3.8) is 0 Å². The number of nitrogens with one attached hydrogen (secondary N) is 1. The molecule has 2 aromatic carbocycles. The number of nitrogens with zero attached hydrogens (tertiary/aromatic N) is 1. The zero-order chi connectivity index (χ0) is 24.5. The van der Waals surface area contributed by atoms with Crippen LogP contribution in [0.1, 0.15) is 56.6 Å². The van der Waals surface area contributed by atoms with Crippen molar-refractivity contribution in [3.05, 3.63) is 68.1 Å². The summed E-state index contributed by atoms with van der Waals surface area (Å²) < 4.78 is 1.03. The Balaban J connectivity index is 1.72. The lowest BCUT2D eigenvalue weighted by Gasteiger charge is -2.33. The molecule has 0 radical (unpaired) electrons. The van der Waals surface area contributed by atoms with Gasteiger partial charge in [-0.3, -0.25) is 9.59 Å². The summed E-state index contributed by atoms with van der Waals surface area (Å²) in [4.78, 5) is 28.4. The number of thioether (sulfide) groups is 1. The molecule has 0 bridgehead atoms. The van der Waals surface area contributed by atoms with Crippen molar-refractivity contribution in [2.45, 2.75) is 69.8 Å². The molecule has 184 valence electrons. The normalized spacial score (nSPS) is 15.1. The summed E-state index contributed by atoms with van der Waals surface area (Å²) in [5, 5.41) is 4.24. The van der Waals surface area contributed by atoms with Gasteiger partial charge in [0.2, 0.25) is 11.8 Å². The van der Waals surface area contributed by atoms with Crippen LogP contribution in [0.3, 0.4) is 0 Å². The molecule has 0 aliphatic heterocycles. The van der Waals surface area contributed by atoms with Crippen molar-refractivity contribution in [1.29, 1.82) is 0 Å². The zero-order valence-corrected chi connectivity index (χ0v) is 23.3. The number of carbonyl (C=O) groups is 2. The van der Waals surface area contributed by atoms with Crippen molar-refractivity contribution >= 4 is 62.7 Å². The van der Waals surface area contributed by atoms with Crippen LogP contribution in [0.5, 0.6) is 0 Å². The Hall–Kier alpha value is -1.21. The predicted octanol–water partition coefficient (Wildman–Crippen LogP) is 7.25. The van der Waals surface area contributed by atoms with Gasteiger partial charge >= 0.3 is 0 Å². The van der Waals surface area contributed by atoms with E-state index >= 15 is 0 Å². The molecule has 1 fully saturated rings. The first-order valence-electron chi connectivity index (χ1n) is 11.7. The van der Waals surface area contributed by atoms with Gasteiger partial charge in [0.15, 0.2) is 0 Å². The highest BCUT2D eigenvalue weighted by Gasteiger charge is 2.30. The van der Waals surface area contributed by atoms with E-state index in [9.17, 15) is 9.59 Å². The maximum absolute atomic E-state index is 13.4. The Labute approximate surface area is 225 Å². The Morgan fingerprint density at radius 2 is 1.82 bits per heavy atom. The summed E-state index contributed by atoms with van der Waals surface area (Å²) >= 11 is 17.5. The number of rotatable bonds is 10. The third-order valence-electron chi connectivity index (χ3n) is 6.10. The molecule has 0 heterocycles. The van der Waals surface area contributed by atoms with E-state index < -0.39 is 6.04 Å². The minimum atomic E-state index is -0.547. The molecule has 1 aliphatic rings. The van der Waals surface area contributed by atoms with Crippen LogP contribution < -0.4 is 5.32 Å². The number of hydrogen-bond donors (Lipinski definition) is 1. The summed E-state index contributed by atoms with van der Waals surface area (Å²) in [5.41, 5.74) is 1.93. The van der Waals surface area contributed by atoms with E-state index in [2.05, 4.69) is 21.2 Å². The molecule has 2 aromatic rings. The van der Waals surface area contributed by atoms with Crippen LogP contribution in [-0.4, -0.2) is 34.6 Å². The van der Waals surface area contributed by atoms with Crippen LogP contribution >= 0.6 is 50.9 Å². The standard InChI is InChI=1S/C26H31BrCl2N2O2S/c1-2-24(26(33)30-22-6-4-3-5-7-22)31(15-19-10-13-21(28)14-23(19)29)25(32)17-34-16-18-8-11-20(27)12-9-18/h8-14,22,24H,2-7,15-17H2,1H3,(H,30,33)/t24-/m1/s1. The van der Waals surface area contributed by atoms with E-state index in [1.54, 1.807) is 28.8 Å². The molecule has 0 aromatic heterocycles. The third kappa shape index (κ3) is 8.18. The van der Waals surface area contributed by atoms with E-state index in [1.165, 1.54) is 6.42 Å². The lowest BCUT2D eigenvalue weighted by molar-refractivity contribution is -0.139. The second-order valence-corrected chi connectivity index (χ2v) is 11.4. The molecule has 0 spiro atoms.